The number of halogens is 1. The summed E-state index contributed by atoms with van der Waals surface area (Å²) >= 11 is 0. The van der Waals surface area contributed by atoms with Crippen molar-refractivity contribution in [1.29, 1.82) is 0 Å². The third-order valence-electron chi connectivity index (χ3n) is 3.82. The highest BCUT2D eigenvalue weighted by molar-refractivity contribution is 5.68. The first kappa shape index (κ1) is 14.9. The highest BCUT2D eigenvalue weighted by atomic mass is 19.1. The van der Waals surface area contributed by atoms with Gasteiger partial charge in [-0.15, -0.1) is 0 Å². The second-order valence-corrected chi connectivity index (χ2v) is 5.43. The van der Waals surface area contributed by atoms with Crippen LogP contribution in [0.25, 0.3) is 0 Å². The van der Waals surface area contributed by atoms with Crippen molar-refractivity contribution in [3.63, 3.8) is 0 Å². The fourth-order valence-corrected chi connectivity index (χ4v) is 2.51. The van der Waals surface area contributed by atoms with Crippen molar-refractivity contribution in [3.05, 3.63) is 17.9 Å². The number of ether oxygens (including phenoxy) is 1. The number of nitrogens with one attached hydrogen (secondary N) is 1. The number of piperidine rings is 1. The van der Waals surface area contributed by atoms with Crippen molar-refractivity contribution in [2.75, 3.05) is 44.3 Å². The summed E-state index contributed by atoms with van der Waals surface area (Å²) in [5.74, 6) is 0.493. The van der Waals surface area contributed by atoms with Gasteiger partial charge in [0, 0.05) is 18.7 Å². The van der Waals surface area contributed by atoms with Crippen LogP contribution >= 0.6 is 0 Å². The lowest BCUT2D eigenvalue weighted by molar-refractivity contribution is 0.226. The molecule has 2 rings (SSSR count). The van der Waals surface area contributed by atoms with Crippen molar-refractivity contribution >= 4 is 11.4 Å². The van der Waals surface area contributed by atoms with Crippen LogP contribution in [-0.4, -0.2) is 38.2 Å². The molecule has 0 bridgehead atoms. The van der Waals surface area contributed by atoms with Gasteiger partial charge in [-0.25, -0.2) is 4.39 Å². The van der Waals surface area contributed by atoms with Gasteiger partial charge in [0.05, 0.1) is 18.0 Å². The molecule has 0 radical (unpaired) electrons. The lowest BCUT2D eigenvalue weighted by Gasteiger charge is -2.29. The van der Waals surface area contributed by atoms with E-state index < -0.39 is 5.82 Å². The van der Waals surface area contributed by atoms with Gasteiger partial charge in [0.2, 0.25) is 0 Å². The Morgan fingerprint density at radius 1 is 1.40 bits per heavy atom. The molecule has 20 heavy (non-hydrogen) atoms. The Morgan fingerprint density at radius 3 is 2.75 bits per heavy atom. The number of benzene rings is 1. The predicted molar refractivity (Wildman–Crippen MR) is 80.7 cm³/mol. The number of likely N-dealkylation sites (tertiary alicyclic amines) is 1. The summed E-state index contributed by atoms with van der Waals surface area (Å²) in [6, 6.07) is 2.98. The van der Waals surface area contributed by atoms with Crippen LogP contribution in [0.4, 0.5) is 15.8 Å². The molecule has 1 aromatic rings. The number of nitrogens with zero attached hydrogens (tertiary/aromatic N) is 1. The lowest BCUT2D eigenvalue weighted by Crippen LogP contribution is -2.33. The maximum Gasteiger partial charge on any atom is 0.167 e. The lowest BCUT2D eigenvalue weighted by atomic mass is 9.97. The van der Waals surface area contributed by atoms with Gasteiger partial charge in [-0.3, -0.25) is 0 Å². The van der Waals surface area contributed by atoms with Gasteiger partial charge in [-0.05, 0) is 45.8 Å². The van der Waals surface area contributed by atoms with Crippen LogP contribution in [-0.2, 0) is 0 Å². The van der Waals surface area contributed by atoms with E-state index in [1.807, 2.05) is 6.92 Å². The first-order valence-electron chi connectivity index (χ1n) is 7.24. The molecule has 1 heterocycles. The van der Waals surface area contributed by atoms with Gasteiger partial charge < -0.3 is 20.7 Å². The van der Waals surface area contributed by atoms with Crippen LogP contribution in [0.3, 0.4) is 0 Å². The molecule has 0 aliphatic carbocycles. The highest BCUT2D eigenvalue weighted by Crippen LogP contribution is 2.29. The number of nitrogens with two attached hydrogens (primary N) is 1. The van der Waals surface area contributed by atoms with Crippen molar-refractivity contribution in [1.82, 2.24) is 4.90 Å². The molecule has 0 spiro atoms. The Kier molecular flexibility index (Phi) is 5.06. The molecule has 0 amide bonds. The SMILES string of the molecule is CCOc1cc(NCC2CCN(C)CC2)c(N)cc1F. The average Bonchev–Trinajstić information content (AvgIpc) is 2.42. The predicted octanol–water partition coefficient (Wildman–Crippen LogP) is 2.56. The quantitative estimate of drug-likeness (QED) is 0.814. The van der Waals surface area contributed by atoms with E-state index in [2.05, 4.69) is 17.3 Å². The number of hydrogen-bond acceptors (Lipinski definition) is 4. The minimum Gasteiger partial charge on any atom is -0.491 e. The molecule has 1 fully saturated rings. The third-order valence-corrected chi connectivity index (χ3v) is 3.82. The molecule has 4 nitrogen and oxygen atoms in total. The molecule has 1 saturated heterocycles. The molecule has 0 aromatic heterocycles. The van der Waals surface area contributed by atoms with Gasteiger partial charge in [0.25, 0.3) is 0 Å². The largest absolute Gasteiger partial charge is 0.491 e. The maximum absolute atomic E-state index is 13.6. The van der Waals surface area contributed by atoms with Gasteiger partial charge >= 0.3 is 0 Å². The molecule has 5 heteroatoms. The van der Waals surface area contributed by atoms with Gasteiger partial charge in [0.15, 0.2) is 11.6 Å². The van der Waals surface area contributed by atoms with Gasteiger partial charge in [-0.2, -0.15) is 0 Å². The van der Waals surface area contributed by atoms with E-state index >= 15 is 0 Å². The van der Waals surface area contributed by atoms with E-state index in [-0.39, 0.29) is 5.75 Å². The van der Waals surface area contributed by atoms with Gasteiger partial charge in [0.1, 0.15) is 0 Å². The monoisotopic (exact) mass is 281 g/mol. The zero-order chi connectivity index (χ0) is 14.5. The van der Waals surface area contributed by atoms with Crippen molar-refractivity contribution in [2.45, 2.75) is 19.8 Å². The summed E-state index contributed by atoms with van der Waals surface area (Å²) in [5.41, 5.74) is 7.05. The topological polar surface area (TPSA) is 50.5 Å². The Labute approximate surface area is 120 Å². The Hall–Kier alpha value is -1.49. The number of hydrogen-bond donors (Lipinski definition) is 2. The first-order chi connectivity index (χ1) is 9.60. The smallest absolute Gasteiger partial charge is 0.167 e. The molecule has 3 N–H and O–H groups in total. The molecular formula is C15H24FN3O. The molecule has 0 saturated carbocycles. The zero-order valence-electron chi connectivity index (χ0n) is 12.3. The Morgan fingerprint density at radius 2 is 2.10 bits per heavy atom. The van der Waals surface area contributed by atoms with Crippen LogP contribution < -0.4 is 15.8 Å². The van der Waals surface area contributed by atoms with E-state index in [1.165, 1.54) is 18.9 Å². The summed E-state index contributed by atoms with van der Waals surface area (Å²) in [7, 11) is 2.15. The molecule has 1 aliphatic rings. The van der Waals surface area contributed by atoms with Crippen molar-refractivity contribution < 1.29 is 9.13 Å². The van der Waals surface area contributed by atoms with E-state index in [0.717, 1.165) is 25.3 Å². The first-order valence-corrected chi connectivity index (χ1v) is 7.24. The summed E-state index contributed by atoms with van der Waals surface area (Å²) in [6.45, 7) is 5.41. The van der Waals surface area contributed by atoms with Crippen LogP contribution in [0.15, 0.2) is 12.1 Å². The Balaban J connectivity index is 1.96. The number of nitrogen functional groups attached to an aromatic ring is 1. The van der Waals surface area contributed by atoms with Crippen molar-refractivity contribution in [3.8, 4) is 5.75 Å². The summed E-state index contributed by atoms with van der Waals surface area (Å²) < 4.78 is 18.9. The summed E-state index contributed by atoms with van der Waals surface area (Å²) in [6.07, 6.45) is 2.37. The van der Waals surface area contributed by atoms with Crippen LogP contribution in [0.2, 0.25) is 0 Å². The fraction of sp³-hybridized carbons (Fsp3) is 0.600. The molecule has 1 aliphatic heterocycles. The molecule has 112 valence electrons. The molecule has 1 aromatic carbocycles. The molecular weight excluding hydrogens is 257 g/mol. The van der Waals surface area contributed by atoms with E-state index in [4.69, 9.17) is 10.5 Å². The second-order valence-electron chi connectivity index (χ2n) is 5.43. The minimum absolute atomic E-state index is 0.257. The molecule has 0 atom stereocenters. The van der Waals surface area contributed by atoms with Gasteiger partial charge in [-0.1, -0.05) is 0 Å². The minimum atomic E-state index is -0.408. The van der Waals surface area contributed by atoms with Crippen LogP contribution in [0.1, 0.15) is 19.8 Å². The number of anilines is 2. The normalized spacial score (nSPS) is 17.1. The average molecular weight is 281 g/mol. The van der Waals surface area contributed by atoms with E-state index in [9.17, 15) is 4.39 Å². The highest BCUT2D eigenvalue weighted by Gasteiger charge is 2.17. The zero-order valence-corrected chi connectivity index (χ0v) is 12.3. The van der Waals surface area contributed by atoms with Crippen LogP contribution in [0.5, 0.6) is 5.75 Å². The van der Waals surface area contributed by atoms with E-state index in [0.29, 0.717) is 18.2 Å². The van der Waals surface area contributed by atoms with E-state index in [1.54, 1.807) is 6.07 Å². The standard InChI is InChI=1S/C15H24FN3O/c1-3-20-15-9-14(13(17)8-12(15)16)18-10-11-4-6-19(2)7-5-11/h8-9,11,18H,3-7,10,17H2,1-2H3. The van der Waals surface area contributed by atoms with Crippen LogP contribution in [0, 0.1) is 11.7 Å². The molecule has 0 unspecified atom stereocenters. The fourth-order valence-electron chi connectivity index (χ4n) is 2.51. The van der Waals surface area contributed by atoms with Crippen molar-refractivity contribution in [2.24, 2.45) is 5.92 Å². The summed E-state index contributed by atoms with van der Waals surface area (Å²) in [4.78, 5) is 2.34. The maximum atomic E-state index is 13.6. The summed E-state index contributed by atoms with van der Waals surface area (Å²) in [5, 5.41) is 3.33. The Bertz CT molecular complexity index is 445. The second kappa shape index (κ2) is 6.79. The third kappa shape index (κ3) is 3.76. The number of rotatable bonds is 5.